The Morgan fingerprint density at radius 3 is 2.67 bits per heavy atom. The molecule has 0 aliphatic heterocycles. The molecule has 7 heteroatoms. The molecule has 0 aromatic heterocycles. The summed E-state index contributed by atoms with van der Waals surface area (Å²) in [5.41, 5.74) is 0.911. The molecular formula is C17H17BrN2O4. The molecular weight excluding hydrogens is 376 g/mol. The lowest BCUT2D eigenvalue weighted by Gasteiger charge is -2.16. The minimum atomic E-state index is -0.557. The summed E-state index contributed by atoms with van der Waals surface area (Å²) in [7, 11) is 0. The number of amides is 1. The van der Waals surface area contributed by atoms with Gasteiger partial charge in [0.1, 0.15) is 0 Å². The topological polar surface area (TPSA) is 81.5 Å². The molecule has 0 saturated heterocycles. The van der Waals surface area contributed by atoms with Crippen LogP contribution in [0.25, 0.3) is 0 Å². The van der Waals surface area contributed by atoms with Gasteiger partial charge in [-0.1, -0.05) is 34.1 Å². The van der Waals surface area contributed by atoms with Crippen molar-refractivity contribution in [2.45, 2.75) is 19.9 Å². The Balaban J connectivity index is 2.22. The molecule has 0 aliphatic rings. The normalized spacial score (nSPS) is 11.6. The molecule has 2 aromatic rings. The van der Waals surface area contributed by atoms with Crippen LogP contribution in [0.4, 0.5) is 5.69 Å². The highest BCUT2D eigenvalue weighted by atomic mass is 79.9. The van der Waals surface area contributed by atoms with Crippen molar-refractivity contribution >= 4 is 27.5 Å². The fraction of sp³-hybridized carbons (Fsp3) is 0.235. The van der Waals surface area contributed by atoms with Crippen molar-refractivity contribution in [1.29, 1.82) is 0 Å². The summed E-state index contributed by atoms with van der Waals surface area (Å²) in [6, 6.07) is 11.5. The second-order valence-electron chi connectivity index (χ2n) is 5.09. The van der Waals surface area contributed by atoms with E-state index >= 15 is 0 Å². The van der Waals surface area contributed by atoms with Crippen LogP contribution in [0.1, 0.15) is 35.8 Å². The fourth-order valence-electron chi connectivity index (χ4n) is 2.26. The van der Waals surface area contributed by atoms with Crippen LogP contribution >= 0.6 is 15.9 Å². The zero-order valence-electron chi connectivity index (χ0n) is 13.3. The number of benzene rings is 2. The maximum atomic E-state index is 12.4. The lowest BCUT2D eigenvalue weighted by Crippen LogP contribution is -2.26. The van der Waals surface area contributed by atoms with Gasteiger partial charge in [0.25, 0.3) is 5.91 Å². The van der Waals surface area contributed by atoms with Crippen LogP contribution in [0.3, 0.4) is 0 Å². The van der Waals surface area contributed by atoms with Crippen LogP contribution in [0.5, 0.6) is 5.75 Å². The van der Waals surface area contributed by atoms with Gasteiger partial charge in [0.05, 0.1) is 17.6 Å². The molecule has 2 rings (SSSR count). The van der Waals surface area contributed by atoms with Gasteiger partial charge in [-0.2, -0.15) is 0 Å². The van der Waals surface area contributed by atoms with E-state index in [0.717, 1.165) is 10.0 Å². The number of rotatable bonds is 6. The number of nitro benzene ring substituents is 1. The smallest absolute Gasteiger partial charge is 0.311 e. The Kier molecular flexibility index (Phi) is 5.92. The third-order valence-corrected chi connectivity index (χ3v) is 4.16. The first-order valence-electron chi connectivity index (χ1n) is 7.40. The molecule has 1 amide bonds. The number of carbonyl (C=O) groups excluding carboxylic acids is 1. The van der Waals surface area contributed by atoms with Gasteiger partial charge in [-0.3, -0.25) is 14.9 Å². The summed E-state index contributed by atoms with van der Waals surface area (Å²) in [4.78, 5) is 23.0. The predicted octanol–water partition coefficient (Wildman–Crippen LogP) is 4.25. The lowest BCUT2D eigenvalue weighted by molar-refractivity contribution is -0.385. The number of hydrogen-bond donors (Lipinski definition) is 1. The minimum absolute atomic E-state index is 0.151. The standard InChI is InChI=1S/C17H17BrN2O4/c1-3-24-16-9-8-12(10-15(16)20(22)23)17(21)19-11(2)13-6-4-5-7-14(13)18/h4-11H,3H2,1-2H3,(H,19,21)/t11-/m0/s1. The summed E-state index contributed by atoms with van der Waals surface area (Å²) in [5.74, 6) is -0.234. The molecule has 0 aliphatic carbocycles. The van der Waals surface area contributed by atoms with E-state index in [0.29, 0.717) is 6.61 Å². The first-order valence-corrected chi connectivity index (χ1v) is 8.19. The summed E-state index contributed by atoms with van der Waals surface area (Å²) in [6.07, 6.45) is 0. The molecule has 1 atom stereocenters. The maximum Gasteiger partial charge on any atom is 0.311 e. The van der Waals surface area contributed by atoms with Crippen molar-refractivity contribution in [3.63, 3.8) is 0 Å². The Labute approximate surface area is 148 Å². The molecule has 0 unspecified atom stereocenters. The van der Waals surface area contributed by atoms with Gasteiger partial charge in [0, 0.05) is 16.1 Å². The highest BCUT2D eigenvalue weighted by Crippen LogP contribution is 2.28. The Morgan fingerprint density at radius 1 is 1.33 bits per heavy atom. The average molecular weight is 393 g/mol. The summed E-state index contributed by atoms with van der Waals surface area (Å²) >= 11 is 3.44. The molecule has 24 heavy (non-hydrogen) atoms. The van der Waals surface area contributed by atoms with Crippen LogP contribution in [-0.4, -0.2) is 17.4 Å². The van der Waals surface area contributed by atoms with Gasteiger partial charge in [0.2, 0.25) is 0 Å². The van der Waals surface area contributed by atoms with E-state index in [4.69, 9.17) is 4.74 Å². The van der Waals surface area contributed by atoms with Gasteiger partial charge < -0.3 is 10.1 Å². The quantitative estimate of drug-likeness (QED) is 0.588. The Morgan fingerprint density at radius 2 is 2.04 bits per heavy atom. The minimum Gasteiger partial charge on any atom is -0.487 e. The molecule has 126 valence electrons. The van der Waals surface area contributed by atoms with E-state index in [2.05, 4.69) is 21.2 Å². The maximum absolute atomic E-state index is 12.4. The van der Waals surface area contributed by atoms with Crippen molar-refractivity contribution in [2.75, 3.05) is 6.61 Å². The summed E-state index contributed by atoms with van der Waals surface area (Å²) < 4.78 is 6.10. The number of halogens is 1. The number of nitrogens with zero attached hydrogens (tertiary/aromatic N) is 1. The second-order valence-corrected chi connectivity index (χ2v) is 5.94. The van der Waals surface area contributed by atoms with E-state index < -0.39 is 4.92 Å². The van der Waals surface area contributed by atoms with E-state index in [1.807, 2.05) is 31.2 Å². The van der Waals surface area contributed by atoms with Crippen molar-refractivity contribution in [2.24, 2.45) is 0 Å². The highest BCUT2D eigenvalue weighted by Gasteiger charge is 2.20. The molecule has 6 nitrogen and oxygen atoms in total. The van der Waals surface area contributed by atoms with Crippen molar-refractivity contribution in [3.8, 4) is 5.75 Å². The average Bonchev–Trinajstić information content (AvgIpc) is 2.55. The first kappa shape index (κ1) is 17.9. The fourth-order valence-corrected chi connectivity index (χ4v) is 2.89. The van der Waals surface area contributed by atoms with Gasteiger partial charge in [-0.05, 0) is 37.6 Å². The van der Waals surface area contributed by atoms with Crippen molar-refractivity contribution in [3.05, 3.63) is 68.2 Å². The van der Waals surface area contributed by atoms with Crippen molar-refractivity contribution < 1.29 is 14.5 Å². The SMILES string of the molecule is CCOc1ccc(C(=O)N[C@@H](C)c2ccccc2Br)cc1[N+](=O)[O-]. The van der Waals surface area contributed by atoms with E-state index in [9.17, 15) is 14.9 Å². The van der Waals surface area contributed by atoms with Crippen LogP contribution in [0.15, 0.2) is 46.9 Å². The summed E-state index contributed by atoms with van der Waals surface area (Å²) in [6.45, 7) is 3.90. The van der Waals surface area contributed by atoms with E-state index in [-0.39, 0.29) is 28.9 Å². The highest BCUT2D eigenvalue weighted by molar-refractivity contribution is 9.10. The molecule has 2 aromatic carbocycles. The molecule has 0 saturated carbocycles. The number of hydrogen-bond acceptors (Lipinski definition) is 4. The first-order chi connectivity index (χ1) is 11.4. The molecule has 0 fully saturated rings. The molecule has 0 spiro atoms. The van der Waals surface area contributed by atoms with E-state index in [1.54, 1.807) is 6.92 Å². The van der Waals surface area contributed by atoms with Crippen LogP contribution in [0.2, 0.25) is 0 Å². The Hall–Kier alpha value is -2.41. The van der Waals surface area contributed by atoms with Gasteiger partial charge in [0.15, 0.2) is 5.75 Å². The molecule has 0 bridgehead atoms. The van der Waals surface area contributed by atoms with Crippen LogP contribution in [-0.2, 0) is 0 Å². The van der Waals surface area contributed by atoms with Crippen molar-refractivity contribution in [1.82, 2.24) is 5.32 Å². The number of nitrogens with one attached hydrogen (secondary N) is 1. The van der Waals surface area contributed by atoms with Gasteiger partial charge >= 0.3 is 5.69 Å². The largest absolute Gasteiger partial charge is 0.487 e. The second kappa shape index (κ2) is 7.92. The van der Waals surface area contributed by atoms with Crippen LogP contribution < -0.4 is 10.1 Å². The zero-order valence-corrected chi connectivity index (χ0v) is 14.9. The third-order valence-electron chi connectivity index (χ3n) is 3.44. The zero-order chi connectivity index (χ0) is 17.7. The Bertz CT molecular complexity index is 764. The number of ether oxygens (including phenoxy) is 1. The summed E-state index contributed by atoms with van der Waals surface area (Å²) in [5, 5.41) is 14.0. The molecule has 0 heterocycles. The third kappa shape index (κ3) is 4.11. The number of nitro groups is 1. The van der Waals surface area contributed by atoms with Gasteiger partial charge in [-0.25, -0.2) is 0 Å². The number of carbonyl (C=O) groups is 1. The molecule has 1 N–H and O–H groups in total. The van der Waals surface area contributed by atoms with Gasteiger partial charge in [-0.15, -0.1) is 0 Å². The molecule has 0 radical (unpaired) electrons. The lowest BCUT2D eigenvalue weighted by atomic mass is 10.1. The van der Waals surface area contributed by atoms with Crippen LogP contribution in [0, 0.1) is 10.1 Å². The van der Waals surface area contributed by atoms with E-state index in [1.165, 1.54) is 18.2 Å². The predicted molar refractivity (Wildman–Crippen MR) is 94.3 cm³/mol. The monoisotopic (exact) mass is 392 g/mol.